The number of rotatable bonds is 3. The van der Waals surface area contributed by atoms with Gasteiger partial charge in [-0.2, -0.15) is 0 Å². The van der Waals surface area contributed by atoms with Gasteiger partial charge in [-0.25, -0.2) is 0 Å². The van der Waals surface area contributed by atoms with Crippen molar-refractivity contribution in [3.05, 3.63) is 94.8 Å². The molecule has 2 aromatic carbocycles. The molecule has 0 fully saturated rings. The van der Waals surface area contributed by atoms with Crippen molar-refractivity contribution in [2.75, 3.05) is 0 Å². The average molecular weight is 304 g/mol. The smallest absolute Gasteiger partial charge is 0.224 e. The van der Waals surface area contributed by atoms with E-state index in [9.17, 15) is 14.7 Å². The van der Waals surface area contributed by atoms with Crippen LogP contribution >= 0.6 is 0 Å². The highest BCUT2D eigenvalue weighted by molar-refractivity contribution is 6.22. The lowest BCUT2D eigenvalue weighted by Gasteiger charge is -2.23. The lowest BCUT2D eigenvalue weighted by molar-refractivity contribution is -0.118. The SMILES string of the molecule is CC1=C(O)C(=O)C(C(c2ccccc2)c2ccccc2)=CC1=O. The summed E-state index contributed by atoms with van der Waals surface area (Å²) in [6.07, 6.45) is 1.35. The van der Waals surface area contributed by atoms with Crippen LogP contribution in [0.15, 0.2) is 83.6 Å². The maximum absolute atomic E-state index is 12.5. The van der Waals surface area contributed by atoms with Crippen molar-refractivity contribution in [2.24, 2.45) is 0 Å². The van der Waals surface area contributed by atoms with E-state index in [1.807, 2.05) is 60.7 Å². The van der Waals surface area contributed by atoms with Crippen LogP contribution in [-0.2, 0) is 9.59 Å². The number of hydrogen-bond donors (Lipinski definition) is 1. The Hall–Kier alpha value is -2.94. The molecule has 1 aliphatic carbocycles. The molecule has 0 amide bonds. The molecule has 114 valence electrons. The normalized spacial score (nSPS) is 15.1. The summed E-state index contributed by atoms with van der Waals surface area (Å²) in [6, 6.07) is 19.0. The van der Waals surface area contributed by atoms with Gasteiger partial charge in [0.2, 0.25) is 5.78 Å². The lowest BCUT2D eigenvalue weighted by atomic mass is 9.79. The summed E-state index contributed by atoms with van der Waals surface area (Å²) >= 11 is 0. The van der Waals surface area contributed by atoms with Crippen molar-refractivity contribution in [1.29, 1.82) is 0 Å². The predicted octanol–water partition coefficient (Wildman–Crippen LogP) is 3.73. The van der Waals surface area contributed by atoms with Crippen LogP contribution in [0.5, 0.6) is 0 Å². The van der Waals surface area contributed by atoms with E-state index in [4.69, 9.17) is 0 Å². The van der Waals surface area contributed by atoms with Crippen LogP contribution in [-0.4, -0.2) is 16.7 Å². The first-order chi connectivity index (χ1) is 11.1. The molecule has 0 aliphatic heterocycles. The molecule has 3 nitrogen and oxygen atoms in total. The summed E-state index contributed by atoms with van der Waals surface area (Å²) in [6.45, 7) is 1.46. The first kappa shape index (κ1) is 15.0. The van der Waals surface area contributed by atoms with Crippen LogP contribution in [0.1, 0.15) is 24.0 Å². The molecule has 0 saturated heterocycles. The van der Waals surface area contributed by atoms with Gasteiger partial charge in [0, 0.05) is 17.1 Å². The highest BCUT2D eigenvalue weighted by Gasteiger charge is 2.32. The fraction of sp³-hybridized carbons (Fsp3) is 0.100. The van der Waals surface area contributed by atoms with Crippen molar-refractivity contribution in [1.82, 2.24) is 0 Å². The van der Waals surface area contributed by atoms with Crippen molar-refractivity contribution in [3.63, 3.8) is 0 Å². The van der Waals surface area contributed by atoms with E-state index in [2.05, 4.69) is 0 Å². The molecule has 3 heteroatoms. The summed E-state index contributed by atoms with van der Waals surface area (Å²) in [5.41, 5.74) is 2.20. The Morgan fingerprint density at radius 3 is 1.78 bits per heavy atom. The Balaban J connectivity index is 2.16. The molecule has 0 aromatic heterocycles. The number of hydrogen-bond acceptors (Lipinski definition) is 3. The standard InChI is InChI=1S/C20H16O3/c1-13-17(21)12-16(20(23)19(13)22)18(14-8-4-2-5-9-14)15-10-6-3-7-11-15/h2-12,18,22H,1H3. The van der Waals surface area contributed by atoms with Crippen LogP contribution in [0, 0.1) is 0 Å². The number of Topliss-reactive ketones (excluding diaryl/α,β-unsaturated/α-hetero) is 1. The Morgan fingerprint density at radius 2 is 1.30 bits per heavy atom. The van der Waals surface area contributed by atoms with Crippen LogP contribution < -0.4 is 0 Å². The highest BCUT2D eigenvalue weighted by Crippen LogP contribution is 2.35. The molecule has 0 heterocycles. The van der Waals surface area contributed by atoms with Crippen molar-refractivity contribution in [2.45, 2.75) is 12.8 Å². The van der Waals surface area contributed by atoms with Crippen LogP contribution in [0.2, 0.25) is 0 Å². The summed E-state index contributed by atoms with van der Waals surface area (Å²) in [5.74, 6) is -1.65. The first-order valence-electron chi connectivity index (χ1n) is 7.40. The van der Waals surface area contributed by atoms with Gasteiger partial charge >= 0.3 is 0 Å². The van der Waals surface area contributed by atoms with Gasteiger partial charge in [0.25, 0.3) is 0 Å². The average Bonchev–Trinajstić information content (AvgIpc) is 2.60. The maximum atomic E-state index is 12.5. The van der Waals surface area contributed by atoms with Gasteiger partial charge in [-0.15, -0.1) is 0 Å². The van der Waals surface area contributed by atoms with Gasteiger partial charge in [-0.1, -0.05) is 60.7 Å². The second kappa shape index (κ2) is 6.05. The van der Waals surface area contributed by atoms with Gasteiger partial charge in [0.05, 0.1) is 0 Å². The summed E-state index contributed by atoms with van der Waals surface area (Å²) in [7, 11) is 0. The molecule has 2 aromatic rings. The molecule has 0 unspecified atom stereocenters. The molecule has 0 saturated carbocycles. The van der Waals surface area contributed by atoms with Gasteiger partial charge in [-0.3, -0.25) is 9.59 Å². The molecular formula is C20H16O3. The van der Waals surface area contributed by atoms with Crippen molar-refractivity contribution >= 4 is 11.6 Å². The molecule has 0 bridgehead atoms. The second-order valence-electron chi connectivity index (χ2n) is 5.52. The molecule has 3 rings (SSSR count). The van der Waals surface area contributed by atoms with E-state index in [0.29, 0.717) is 5.57 Å². The fourth-order valence-electron chi connectivity index (χ4n) is 2.80. The highest BCUT2D eigenvalue weighted by atomic mass is 16.3. The third-order valence-electron chi connectivity index (χ3n) is 4.07. The summed E-state index contributed by atoms with van der Waals surface area (Å²) in [4.78, 5) is 24.6. The fourth-order valence-corrected chi connectivity index (χ4v) is 2.80. The zero-order chi connectivity index (χ0) is 16.4. The minimum Gasteiger partial charge on any atom is -0.504 e. The Labute approximate surface area is 134 Å². The lowest BCUT2D eigenvalue weighted by Crippen LogP contribution is -2.22. The van der Waals surface area contributed by atoms with Gasteiger partial charge in [0.15, 0.2) is 11.5 Å². The number of aliphatic hydroxyl groups excluding tert-OH is 1. The molecule has 0 spiro atoms. The van der Waals surface area contributed by atoms with Crippen molar-refractivity contribution in [3.8, 4) is 0 Å². The third-order valence-corrected chi connectivity index (χ3v) is 4.07. The third kappa shape index (κ3) is 2.73. The molecule has 23 heavy (non-hydrogen) atoms. The monoisotopic (exact) mass is 304 g/mol. The molecular weight excluding hydrogens is 288 g/mol. The van der Waals surface area contributed by atoms with E-state index in [1.165, 1.54) is 13.0 Å². The second-order valence-corrected chi connectivity index (χ2v) is 5.52. The topological polar surface area (TPSA) is 54.4 Å². The van der Waals surface area contributed by atoms with Crippen LogP contribution in [0.3, 0.4) is 0 Å². The quantitative estimate of drug-likeness (QED) is 0.879. The van der Waals surface area contributed by atoms with Crippen LogP contribution in [0.4, 0.5) is 0 Å². The van der Waals surface area contributed by atoms with Gasteiger partial charge < -0.3 is 5.11 Å². The van der Waals surface area contributed by atoms with Crippen molar-refractivity contribution < 1.29 is 14.7 Å². The maximum Gasteiger partial charge on any atom is 0.224 e. The largest absolute Gasteiger partial charge is 0.504 e. The first-order valence-corrected chi connectivity index (χ1v) is 7.40. The number of carbonyl (C=O) groups excluding carboxylic acids is 2. The number of aliphatic hydroxyl groups is 1. The van der Waals surface area contributed by atoms with E-state index in [0.717, 1.165) is 11.1 Å². The zero-order valence-electron chi connectivity index (χ0n) is 12.7. The molecule has 0 atom stereocenters. The van der Waals surface area contributed by atoms with Gasteiger partial charge in [0.1, 0.15) is 0 Å². The molecule has 1 aliphatic rings. The van der Waals surface area contributed by atoms with Gasteiger partial charge in [-0.05, 0) is 24.1 Å². The van der Waals surface area contributed by atoms with Crippen LogP contribution in [0.25, 0.3) is 0 Å². The molecule has 1 N–H and O–H groups in total. The van der Waals surface area contributed by atoms with E-state index in [-0.39, 0.29) is 17.3 Å². The zero-order valence-corrected chi connectivity index (χ0v) is 12.7. The summed E-state index contributed by atoms with van der Waals surface area (Å²) < 4.78 is 0. The number of ketones is 2. The predicted molar refractivity (Wildman–Crippen MR) is 88.2 cm³/mol. The number of benzene rings is 2. The van der Waals surface area contributed by atoms with E-state index < -0.39 is 11.5 Å². The Morgan fingerprint density at radius 1 is 0.826 bits per heavy atom. The number of carbonyl (C=O) groups is 2. The van der Waals surface area contributed by atoms with E-state index in [1.54, 1.807) is 0 Å². The Bertz CT molecular complexity index is 775. The summed E-state index contributed by atoms with van der Waals surface area (Å²) in [5, 5.41) is 10.00. The molecule has 0 radical (unpaired) electrons. The van der Waals surface area contributed by atoms with E-state index >= 15 is 0 Å². The minimum absolute atomic E-state index is 0.0959. The minimum atomic E-state index is -0.486. The Kier molecular flexibility index (Phi) is 3.94. The number of allylic oxidation sites excluding steroid dienone is 3.